The molecule has 3 aromatic carbocycles. The molecule has 0 fully saturated rings. The lowest BCUT2D eigenvalue weighted by Crippen LogP contribution is -2.27. The second-order valence-electron chi connectivity index (χ2n) is 7.20. The van der Waals surface area contributed by atoms with Gasteiger partial charge in [0.15, 0.2) is 5.78 Å². The van der Waals surface area contributed by atoms with Crippen molar-refractivity contribution >= 4 is 27.4 Å². The number of sulfonamides is 1. The number of ether oxygens (including phenoxy) is 1. The number of Topliss-reactive ketones (excluding diaryl/α,β-unsaturated/α-hetero) is 1. The second-order valence-corrected chi connectivity index (χ2v) is 9.21. The standard InChI is InChI=1S/C24H24N2O5S/c1-17(27)19-9-12-21(13-10-19)25-24(28)20-11-14-22(31-3)23(15-20)32(29,30)26(2)16-18-7-5-4-6-8-18/h4-15H,16H2,1-3H3,(H,25,28). The molecule has 0 bridgehead atoms. The van der Waals surface area contributed by atoms with Gasteiger partial charge in [-0.3, -0.25) is 9.59 Å². The van der Waals surface area contributed by atoms with E-state index in [4.69, 9.17) is 4.74 Å². The molecule has 166 valence electrons. The first-order valence-corrected chi connectivity index (χ1v) is 11.3. The molecule has 3 rings (SSSR count). The molecule has 7 nitrogen and oxygen atoms in total. The van der Waals surface area contributed by atoms with Gasteiger partial charge in [0.2, 0.25) is 10.0 Å². The van der Waals surface area contributed by atoms with Crippen LogP contribution in [-0.4, -0.2) is 38.6 Å². The highest BCUT2D eigenvalue weighted by Crippen LogP contribution is 2.28. The van der Waals surface area contributed by atoms with Gasteiger partial charge in [0.05, 0.1) is 7.11 Å². The van der Waals surface area contributed by atoms with E-state index < -0.39 is 15.9 Å². The molecule has 0 aliphatic heterocycles. The zero-order valence-electron chi connectivity index (χ0n) is 18.0. The first-order valence-electron chi connectivity index (χ1n) is 9.83. The van der Waals surface area contributed by atoms with Crippen molar-refractivity contribution in [1.82, 2.24) is 4.31 Å². The van der Waals surface area contributed by atoms with Crippen molar-refractivity contribution in [1.29, 1.82) is 0 Å². The lowest BCUT2D eigenvalue weighted by Gasteiger charge is -2.19. The summed E-state index contributed by atoms with van der Waals surface area (Å²) in [6.07, 6.45) is 0. The number of rotatable bonds is 8. The third kappa shape index (κ3) is 5.22. The van der Waals surface area contributed by atoms with Crippen LogP contribution in [0.25, 0.3) is 0 Å². The predicted octanol–water partition coefficient (Wildman–Crippen LogP) is 3.97. The van der Waals surface area contributed by atoms with Crippen molar-refractivity contribution < 1.29 is 22.7 Å². The Morgan fingerprint density at radius 1 is 0.938 bits per heavy atom. The van der Waals surface area contributed by atoms with Crippen LogP contribution < -0.4 is 10.1 Å². The molecule has 0 aromatic heterocycles. The highest BCUT2D eigenvalue weighted by atomic mass is 32.2. The van der Waals surface area contributed by atoms with Crippen LogP contribution in [0, 0.1) is 0 Å². The number of hydrogen-bond acceptors (Lipinski definition) is 5. The fourth-order valence-electron chi connectivity index (χ4n) is 3.10. The average Bonchev–Trinajstić information content (AvgIpc) is 2.79. The number of nitrogens with zero attached hydrogens (tertiary/aromatic N) is 1. The largest absolute Gasteiger partial charge is 0.495 e. The number of nitrogens with one attached hydrogen (secondary N) is 1. The van der Waals surface area contributed by atoms with Gasteiger partial charge in [0, 0.05) is 30.4 Å². The van der Waals surface area contributed by atoms with Crippen LogP contribution in [0.1, 0.15) is 33.2 Å². The Morgan fingerprint density at radius 3 is 2.16 bits per heavy atom. The Bertz CT molecular complexity index is 1220. The van der Waals surface area contributed by atoms with Gasteiger partial charge < -0.3 is 10.1 Å². The van der Waals surface area contributed by atoms with Gasteiger partial charge in [-0.2, -0.15) is 4.31 Å². The average molecular weight is 453 g/mol. The summed E-state index contributed by atoms with van der Waals surface area (Å²) in [5, 5.41) is 2.71. The number of hydrogen-bond donors (Lipinski definition) is 1. The van der Waals surface area contributed by atoms with Gasteiger partial charge in [-0.15, -0.1) is 0 Å². The van der Waals surface area contributed by atoms with Crippen LogP contribution in [0.15, 0.2) is 77.7 Å². The van der Waals surface area contributed by atoms with Gasteiger partial charge in [0.25, 0.3) is 5.91 Å². The monoisotopic (exact) mass is 452 g/mol. The molecule has 0 saturated carbocycles. The Balaban J connectivity index is 1.87. The summed E-state index contributed by atoms with van der Waals surface area (Å²) in [6, 6.07) is 19.9. The van der Waals surface area contributed by atoms with Crippen molar-refractivity contribution in [3.8, 4) is 5.75 Å². The molecule has 0 radical (unpaired) electrons. The Labute approximate surface area is 187 Å². The van der Waals surface area contributed by atoms with E-state index in [9.17, 15) is 18.0 Å². The molecule has 0 saturated heterocycles. The van der Waals surface area contributed by atoms with Crippen LogP contribution >= 0.6 is 0 Å². The van der Waals surface area contributed by atoms with Gasteiger partial charge in [0.1, 0.15) is 10.6 Å². The number of carbonyl (C=O) groups excluding carboxylic acids is 2. The minimum Gasteiger partial charge on any atom is -0.495 e. The SMILES string of the molecule is COc1ccc(C(=O)Nc2ccc(C(C)=O)cc2)cc1S(=O)(=O)N(C)Cc1ccccc1. The number of anilines is 1. The fourth-order valence-corrected chi connectivity index (χ4v) is 4.44. The summed E-state index contributed by atoms with van der Waals surface area (Å²) in [7, 11) is -1.08. The topological polar surface area (TPSA) is 92.8 Å². The fraction of sp³-hybridized carbons (Fsp3) is 0.167. The van der Waals surface area contributed by atoms with E-state index >= 15 is 0 Å². The molecule has 3 aromatic rings. The Kier molecular flexibility index (Phi) is 7.07. The van der Waals surface area contributed by atoms with Crippen molar-refractivity contribution in [3.63, 3.8) is 0 Å². The molecular weight excluding hydrogens is 428 g/mol. The van der Waals surface area contributed by atoms with E-state index in [0.717, 1.165) is 5.56 Å². The molecule has 0 unspecified atom stereocenters. The number of amides is 1. The van der Waals surface area contributed by atoms with E-state index in [0.29, 0.717) is 11.3 Å². The summed E-state index contributed by atoms with van der Waals surface area (Å²) < 4.78 is 32.9. The number of carbonyl (C=O) groups is 2. The summed E-state index contributed by atoms with van der Waals surface area (Å²) in [4.78, 5) is 24.0. The van der Waals surface area contributed by atoms with E-state index in [-0.39, 0.29) is 28.5 Å². The molecule has 1 N–H and O–H groups in total. The van der Waals surface area contributed by atoms with Gasteiger partial charge in [-0.25, -0.2) is 8.42 Å². The number of methoxy groups -OCH3 is 1. The Morgan fingerprint density at radius 2 is 1.56 bits per heavy atom. The summed E-state index contributed by atoms with van der Waals surface area (Å²) >= 11 is 0. The molecule has 0 heterocycles. The smallest absolute Gasteiger partial charge is 0.255 e. The maximum atomic E-state index is 13.2. The van der Waals surface area contributed by atoms with Crippen LogP contribution in [0.4, 0.5) is 5.69 Å². The Hall–Kier alpha value is -3.49. The number of benzene rings is 3. The van der Waals surface area contributed by atoms with Gasteiger partial charge in [-0.05, 0) is 55.0 Å². The van der Waals surface area contributed by atoms with Gasteiger partial charge in [-0.1, -0.05) is 30.3 Å². The third-order valence-corrected chi connectivity index (χ3v) is 6.74. The molecule has 0 atom stereocenters. The second kappa shape index (κ2) is 9.76. The van der Waals surface area contributed by atoms with E-state index in [1.807, 2.05) is 30.3 Å². The third-order valence-electron chi connectivity index (χ3n) is 4.91. The highest BCUT2D eigenvalue weighted by molar-refractivity contribution is 7.89. The molecule has 8 heteroatoms. The normalized spacial score (nSPS) is 11.2. The van der Waals surface area contributed by atoms with Crippen molar-refractivity contribution in [2.45, 2.75) is 18.4 Å². The summed E-state index contributed by atoms with van der Waals surface area (Å²) in [5.74, 6) is -0.412. The van der Waals surface area contributed by atoms with Crippen LogP contribution in [0.2, 0.25) is 0 Å². The summed E-state index contributed by atoms with van der Waals surface area (Å²) in [5.41, 5.74) is 2.01. The highest BCUT2D eigenvalue weighted by Gasteiger charge is 2.26. The van der Waals surface area contributed by atoms with E-state index in [1.165, 1.54) is 43.6 Å². The zero-order chi connectivity index (χ0) is 23.3. The first kappa shape index (κ1) is 23.2. The maximum absolute atomic E-state index is 13.2. The van der Waals surface area contributed by atoms with Crippen LogP contribution in [0.5, 0.6) is 5.75 Å². The minimum absolute atomic E-state index is 0.0764. The lowest BCUT2D eigenvalue weighted by atomic mass is 10.1. The molecular formula is C24H24N2O5S. The van der Waals surface area contributed by atoms with Crippen LogP contribution in [0.3, 0.4) is 0 Å². The summed E-state index contributed by atoms with van der Waals surface area (Å²) in [6.45, 7) is 1.63. The van der Waals surface area contributed by atoms with Crippen molar-refractivity contribution in [3.05, 3.63) is 89.5 Å². The minimum atomic E-state index is -3.93. The lowest BCUT2D eigenvalue weighted by molar-refractivity contribution is 0.101. The van der Waals surface area contributed by atoms with E-state index in [2.05, 4.69) is 5.32 Å². The molecule has 1 amide bonds. The molecule has 0 aliphatic carbocycles. The van der Waals surface area contributed by atoms with E-state index in [1.54, 1.807) is 24.3 Å². The molecule has 0 spiro atoms. The number of ketones is 1. The first-order chi connectivity index (χ1) is 15.2. The molecule has 32 heavy (non-hydrogen) atoms. The molecule has 0 aliphatic rings. The quantitative estimate of drug-likeness (QED) is 0.522. The maximum Gasteiger partial charge on any atom is 0.255 e. The van der Waals surface area contributed by atoms with Gasteiger partial charge >= 0.3 is 0 Å². The van der Waals surface area contributed by atoms with Crippen molar-refractivity contribution in [2.75, 3.05) is 19.5 Å². The predicted molar refractivity (Wildman–Crippen MR) is 122 cm³/mol. The zero-order valence-corrected chi connectivity index (χ0v) is 18.8. The van der Waals surface area contributed by atoms with Crippen molar-refractivity contribution in [2.24, 2.45) is 0 Å². The van der Waals surface area contributed by atoms with Crippen LogP contribution in [-0.2, 0) is 16.6 Å².